The molecule has 0 amide bonds. The highest BCUT2D eigenvalue weighted by Gasteiger charge is 2.44. The summed E-state index contributed by atoms with van der Waals surface area (Å²) < 4.78 is 39.9. The van der Waals surface area contributed by atoms with Crippen LogP contribution in [0.15, 0.2) is 41.5 Å². The Morgan fingerprint density at radius 2 is 2.04 bits per heavy atom. The topological polar surface area (TPSA) is 60.7 Å². The number of aromatic nitrogens is 4. The normalized spacial score (nSPS) is 16.2. The SMILES string of the molecule is O=c1c2ncc(C#Cc3ccccn3)cc2nc2n1CC(C(F)(F)F)C2. The molecule has 4 heterocycles. The van der Waals surface area contributed by atoms with Crippen LogP contribution in [0.5, 0.6) is 0 Å². The van der Waals surface area contributed by atoms with Gasteiger partial charge in [0.2, 0.25) is 0 Å². The maximum Gasteiger partial charge on any atom is 0.393 e. The quantitative estimate of drug-likeness (QED) is 0.580. The van der Waals surface area contributed by atoms with Crippen molar-refractivity contribution in [1.82, 2.24) is 19.5 Å². The minimum Gasteiger partial charge on any atom is -0.294 e. The van der Waals surface area contributed by atoms with Gasteiger partial charge in [0.1, 0.15) is 11.5 Å². The summed E-state index contributed by atoms with van der Waals surface area (Å²) >= 11 is 0. The number of hydrogen-bond acceptors (Lipinski definition) is 4. The van der Waals surface area contributed by atoms with Crippen LogP contribution in [-0.4, -0.2) is 25.7 Å². The molecular weight excluding hydrogens is 345 g/mol. The summed E-state index contributed by atoms with van der Waals surface area (Å²) in [5.41, 5.74) is 0.811. The first kappa shape index (κ1) is 16.3. The summed E-state index contributed by atoms with van der Waals surface area (Å²) in [6.07, 6.45) is -1.65. The first-order valence-corrected chi connectivity index (χ1v) is 7.81. The zero-order chi connectivity index (χ0) is 18.3. The van der Waals surface area contributed by atoms with Gasteiger partial charge in [-0.1, -0.05) is 12.0 Å². The number of pyridine rings is 2. The van der Waals surface area contributed by atoms with E-state index in [4.69, 9.17) is 0 Å². The predicted octanol–water partition coefficient (Wildman–Crippen LogP) is 2.32. The first-order valence-electron chi connectivity index (χ1n) is 7.81. The molecule has 0 aliphatic carbocycles. The monoisotopic (exact) mass is 356 g/mol. The molecule has 0 saturated carbocycles. The Hall–Kier alpha value is -3.21. The van der Waals surface area contributed by atoms with Gasteiger partial charge in [0.05, 0.1) is 11.4 Å². The second-order valence-corrected chi connectivity index (χ2v) is 5.94. The predicted molar refractivity (Wildman–Crippen MR) is 87.3 cm³/mol. The highest BCUT2D eigenvalue weighted by Crippen LogP contribution is 2.33. The van der Waals surface area contributed by atoms with E-state index in [2.05, 4.69) is 26.8 Å². The van der Waals surface area contributed by atoms with E-state index in [0.29, 0.717) is 11.3 Å². The Kier molecular flexibility index (Phi) is 3.72. The molecule has 1 unspecified atom stereocenters. The number of alkyl halides is 3. The molecule has 5 nitrogen and oxygen atoms in total. The molecule has 0 N–H and O–H groups in total. The minimum atomic E-state index is -4.36. The Balaban J connectivity index is 1.74. The van der Waals surface area contributed by atoms with Gasteiger partial charge in [-0.2, -0.15) is 13.2 Å². The van der Waals surface area contributed by atoms with E-state index in [0.717, 1.165) is 4.57 Å². The van der Waals surface area contributed by atoms with Crippen molar-refractivity contribution in [3.8, 4) is 11.8 Å². The standard InChI is InChI=1S/C18H11F3N4O/c19-18(20,21)12-8-15-24-14-7-11(4-5-13-3-1-2-6-22-13)9-23-16(14)17(26)25(15)10-12/h1-3,6-7,9,12H,8,10H2. The maximum absolute atomic E-state index is 12.9. The van der Waals surface area contributed by atoms with Gasteiger partial charge in [0, 0.05) is 30.9 Å². The van der Waals surface area contributed by atoms with E-state index in [-0.39, 0.29) is 23.3 Å². The zero-order valence-electron chi connectivity index (χ0n) is 13.3. The summed E-state index contributed by atoms with van der Waals surface area (Å²) in [5.74, 6) is 4.26. The smallest absolute Gasteiger partial charge is 0.294 e. The van der Waals surface area contributed by atoms with Crippen molar-refractivity contribution < 1.29 is 13.2 Å². The lowest BCUT2D eigenvalue weighted by atomic mass is 10.1. The molecule has 26 heavy (non-hydrogen) atoms. The molecule has 0 fully saturated rings. The van der Waals surface area contributed by atoms with Crippen molar-refractivity contribution >= 4 is 11.0 Å². The first-order chi connectivity index (χ1) is 12.4. The second kappa shape index (κ2) is 5.95. The van der Waals surface area contributed by atoms with Gasteiger partial charge in [0.15, 0.2) is 5.52 Å². The van der Waals surface area contributed by atoms with E-state index in [1.807, 2.05) is 0 Å². The zero-order valence-corrected chi connectivity index (χ0v) is 13.3. The third-order valence-corrected chi connectivity index (χ3v) is 4.17. The highest BCUT2D eigenvalue weighted by atomic mass is 19.4. The minimum absolute atomic E-state index is 0.0416. The van der Waals surface area contributed by atoms with Crippen LogP contribution in [0.25, 0.3) is 11.0 Å². The number of rotatable bonds is 0. The lowest BCUT2D eigenvalue weighted by Gasteiger charge is -2.11. The van der Waals surface area contributed by atoms with Crippen molar-refractivity contribution in [3.63, 3.8) is 0 Å². The summed E-state index contributed by atoms with van der Waals surface area (Å²) in [7, 11) is 0. The van der Waals surface area contributed by atoms with Crippen molar-refractivity contribution in [2.24, 2.45) is 5.92 Å². The van der Waals surface area contributed by atoms with Gasteiger partial charge >= 0.3 is 6.18 Å². The molecule has 1 atom stereocenters. The average Bonchev–Trinajstić information content (AvgIpc) is 3.05. The van der Waals surface area contributed by atoms with E-state index in [1.54, 1.807) is 30.5 Å². The van der Waals surface area contributed by atoms with Crippen LogP contribution in [0.4, 0.5) is 13.2 Å². The molecule has 4 rings (SSSR count). The van der Waals surface area contributed by atoms with Crippen molar-refractivity contribution in [3.05, 3.63) is 64.1 Å². The number of halogens is 3. The Labute approximate surface area is 145 Å². The third-order valence-electron chi connectivity index (χ3n) is 4.17. The van der Waals surface area contributed by atoms with Crippen LogP contribution in [0.3, 0.4) is 0 Å². The number of fused-ring (bicyclic) bond motifs is 2. The highest BCUT2D eigenvalue weighted by molar-refractivity contribution is 5.74. The van der Waals surface area contributed by atoms with Crippen LogP contribution < -0.4 is 5.56 Å². The lowest BCUT2D eigenvalue weighted by Crippen LogP contribution is -2.27. The van der Waals surface area contributed by atoms with Crippen molar-refractivity contribution in [1.29, 1.82) is 0 Å². The summed E-state index contributed by atoms with van der Waals surface area (Å²) in [6, 6.07) is 6.88. The number of hydrogen-bond donors (Lipinski definition) is 0. The molecule has 8 heteroatoms. The summed E-state index contributed by atoms with van der Waals surface area (Å²) in [5, 5.41) is 0. The summed E-state index contributed by atoms with van der Waals surface area (Å²) in [6.45, 7) is -0.413. The molecule has 1 aliphatic heterocycles. The van der Waals surface area contributed by atoms with Crippen molar-refractivity contribution in [2.45, 2.75) is 19.1 Å². The van der Waals surface area contributed by atoms with E-state index >= 15 is 0 Å². The maximum atomic E-state index is 12.9. The fourth-order valence-corrected chi connectivity index (χ4v) is 2.86. The largest absolute Gasteiger partial charge is 0.393 e. The molecule has 0 spiro atoms. The molecule has 0 saturated heterocycles. The van der Waals surface area contributed by atoms with Crippen LogP contribution in [0, 0.1) is 17.8 Å². The molecular formula is C18H11F3N4O. The molecule has 0 bridgehead atoms. The van der Waals surface area contributed by atoms with Gasteiger partial charge in [-0.25, -0.2) is 15.0 Å². The molecule has 3 aromatic rings. The van der Waals surface area contributed by atoms with E-state index in [9.17, 15) is 18.0 Å². The Morgan fingerprint density at radius 1 is 1.19 bits per heavy atom. The Morgan fingerprint density at radius 3 is 2.77 bits per heavy atom. The van der Waals surface area contributed by atoms with Gasteiger partial charge in [-0.05, 0) is 24.1 Å². The van der Waals surface area contributed by atoms with Gasteiger partial charge in [0.25, 0.3) is 5.56 Å². The summed E-state index contributed by atoms with van der Waals surface area (Å²) in [4.78, 5) is 24.8. The average molecular weight is 356 g/mol. The van der Waals surface area contributed by atoms with Crippen LogP contribution >= 0.6 is 0 Å². The fourth-order valence-electron chi connectivity index (χ4n) is 2.86. The van der Waals surface area contributed by atoms with E-state index in [1.165, 1.54) is 6.20 Å². The third kappa shape index (κ3) is 2.92. The van der Waals surface area contributed by atoms with E-state index < -0.39 is 24.2 Å². The van der Waals surface area contributed by atoms with Gasteiger partial charge in [-0.3, -0.25) is 9.36 Å². The second-order valence-electron chi connectivity index (χ2n) is 5.94. The molecule has 130 valence electrons. The fraction of sp³-hybridized carbons (Fsp3) is 0.222. The van der Waals surface area contributed by atoms with Crippen LogP contribution in [0.1, 0.15) is 17.1 Å². The Bertz CT molecular complexity index is 1110. The van der Waals surface area contributed by atoms with Crippen LogP contribution in [0.2, 0.25) is 0 Å². The molecule has 1 aliphatic rings. The molecule has 3 aromatic heterocycles. The molecule has 0 radical (unpaired) electrons. The van der Waals surface area contributed by atoms with Gasteiger partial charge in [-0.15, -0.1) is 0 Å². The molecule has 0 aromatic carbocycles. The van der Waals surface area contributed by atoms with Gasteiger partial charge < -0.3 is 0 Å². The van der Waals surface area contributed by atoms with Crippen LogP contribution in [-0.2, 0) is 13.0 Å². The number of nitrogens with zero attached hydrogens (tertiary/aromatic N) is 4. The lowest BCUT2D eigenvalue weighted by molar-refractivity contribution is -0.173. The van der Waals surface area contributed by atoms with Crippen molar-refractivity contribution in [2.75, 3.05) is 0 Å².